The number of primary amides is 1. The van der Waals surface area contributed by atoms with E-state index in [2.05, 4.69) is 10.2 Å². The molecule has 0 aliphatic heterocycles. The van der Waals surface area contributed by atoms with Crippen LogP contribution in [0.1, 0.15) is 16.1 Å². The number of rotatable bonds is 1. The van der Waals surface area contributed by atoms with Gasteiger partial charge in [-0.25, -0.2) is 0 Å². The Hall–Kier alpha value is -2.35. The summed E-state index contributed by atoms with van der Waals surface area (Å²) in [7, 11) is 0. The quantitative estimate of drug-likeness (QED) is 0.680. The van der Waals surface area contributed by atoms with Crippen molar-refractivity contribution in [1.82, 2.24) is 10.2 Å². The SMILES string of the molecule is N#Cc1ccc2[nH]nc(C(N)=O)c2c1. The molecule has 0 saturated heterocycles. The van der Waals surface area contributed by atoms with E-state index >= 15 is 0 Å². The van der Waals surface area contributed by atoms with Gasteiger partial charge >= 0.3 is 0 Å². The van der Waals surface area contributed by atoms with Crippen molar-refractivity contribution in [3.63, 3.8) is 0 Å². The third-order valence-electron chi connectivity index (χ3n) is 1.93. The zero-order valence-corrected chi connectivity index (χ0v) is 7.11. The molecule has 1 aromatic carbocycles. The maximum Gasteiger partial charge on any atom is 0.269 e. The molecule has 0 saturated carbocycles. The Bertz CT molecular complexity index is 549. The highest BCUT2D eigenvalue weighted by Crippen LogP contribution is 2.16. The maximum absolute atomic E-state index is 10.9. The van der Waals surface area contributed by atoms with Gasteiger partial charge in [-0.05, 0) is 18.2 Å². The van der Waals surface area contributed by atoms with Gasteiger partial charge in [-0.1, -0.05) is 0 Å². The molecule has 5 nitrogen and oxygen atoms in total. The molecule has 1 aromatic heterocycles. The van der Waals surface area contributed by atoms with Crippen LogP contribution < -0.4 is 5.73 Å². The Balaban J connectivity index is 2.77. The van der Waals surface area contributed by atoms with Gasteiger partial charge in [-0.15, -0.1) is 0 Å². The van der Waals surface area contributed by atoms with E-state index in [0.717, 1.165) is 0 Å². The third kappa shape index (κ3) is 1.10. The smallest absolute Gasteiger partial charge is 0.269 e. The fourth-order valence-corrected chi connectivity index (χ4v) is 1.27. The van der Waals surface area contributed by atoms with Crippen molar-refractivity contribution < 1.29 is 4.79 Å². The first-order valence-electron chi connectivity index (χ1n) is 3.90. The summed E-state index contributed by atoms with van der Waals surface area (Å²) in [5, 5.41) is 15.7. The second kappa shape index (κ2) is 2.85. The molecule has 68 valence electrons. The summed E-state index contributed by atoms with van der Waals surface area (Å²) in [4.78, 5) is 10.9. The number of H-pyrrole nitrogens is 1. The van der Waals surface area contributed by atoms with Crippen molar-refractivity contribution in [3.05, 3.63) is 29.5 Å². The first-order valence-corrected chi connectivity index (χ1v) is 3.90. The van der Waals surface area contributed by atoms with Crippen LogP contribution in [0.5, 0.6) is 0 Å². The molecule has 1 heterocycles. The molecule has 0 fully saturated rings. The number of nitriles is 1. The van der Waals surface area contributed by atoms with Crippen LogP contribution in [0.3, 0.4) is 0 Å². The standard InChI is InChI=1S/C9H6N4O/c10-4-5-1-2-7-6(3-5)8(9(11)14)13-12-7/h1-3H,(H2,11,14)(H,12,13). The fraction of sp³-hybridized carbons (Fsp3) is 0. The van der Waals surface area contributed by atoms with Crippen LogP contribution in [-0.2, 0) is 0 Å². The van der Waals surface area contributed by atoms with Gasteiger partial charge in [-0.3, -0.25) is 9.89 Å². The Kier molecular flexibility index (Phi) is 1.68. The molecule has 0 atom stereocenters. The van der Waals surface area contributed by atoms with Crippen LogP contribution in [0.15, 0.2) is 18.2 Å². The van der Waals surface area contributed by atoms with Gasteiger partial charge in [-0.2, -0.15) is 10.4 Å². The van der Waals surface area contributed by atoms with E-state index in [1.807, 2.05) is 6.07 Å². The minimum Gasteiger partial charge on any atom is -0.364 e. The van der Waals surface area contributed by atoms with Crippen LogP contribution in [0.4, 0.5) is 0 Å². The number of hydrogen-bond donors (Lipinski definition) is 2. The number of carbonyl (C=O) groups is 1. The number of nitrogens with two attached hydrogens (primary N) is 1. The second-order valence-corrected chi connectivity index (χ2v) is 2.81. The molecule has 1 amide bonds. The molecular weight excluding hydrogens is 180 g/mol. The zero-order valence-electron chi connectivity index (χ0n) is 7.11. The number of amides is 1. The first kappa shape index (κ1) is 8.26. The molecule has 0 unspecified atom stereocenters. The zero-order chi connectivity index (χ0) is 10.1. The minimum absolute atomic E-state index is 0.164. The molecule has 0 bridgehead atoms. The molecule has 2 aromatic rings. The third-order valence-corrected chi connectivity index (χ3v) is 1.93. The van der Waals surface area contributed by atoms with E-state index in [4.69, 9.17) is 11.0 Å². The number of aromatic nitrogens is 2. The van der Waals surface area contributed by atoms with E-state index in [1.165, 1.54) is 0 Å². The predicted molar refractivity (Wildman–Crippen MR) is 49.3 cm³/mol. The van der Waals surface area contributed by atoms with Crippen molar-refractivity contribution >= 4 is 16.8 Å². The molecule has 2 rings (SSSR count). The Morgan fingerprint density at radius 3 is 3.00 bits per heavy atom. The van der Waals surface area contributed by atoms with E-state index < -0.39 is 5.91 Å². The summed E-state index contributed by atoms with van der Waals surface area (Å²) in [6, 6.07) is 6.90. The van der Waals surface area contributed by atoms with Gasteiger partial charge in [0, 0.05) is 5.39 Å². The normalized spacial score (nSPS) is 9.93. The number of nitrogens with one attached hydrogen (secondary N) is 1. The summed E-state index contributed by atoms with van der Waals surface area (Å²) in [6.07, 6.45) is 0. The van der Waals surface area contributed by atoms with Crippen LogP contribution in [-0.4, -0.2) is 16.1 Å². The van der Waals surface area contributed by atoms with Crippen LogP contribution >= 0.6 is 0 Å². The second-order valence-electron chi connectivity index (χ2n) is 2.81. The fourth-order valence-electron chi connectivity index (χ4n) is 1.27. The Morgan fingerprint density at radius 1 is 1.57 bits per heavy atom. The van der Waals surface area contributed by atoms with Gasteiger partial charge < -0.3 is 5.73 Å². The first-order chi connectivity index (χ1) is 6.72. The highest BCUT2D eigenvalue weighted by Gasteiger charge is 2.10. The monoisotopic (exact) mass is 186 g/mol. The molecule has 14 heavy (non-hydrogen) atoms. The highest BCUT2D eigenvalue weighted by molar-refractivity contribution is 6.04. The van der Waals surface area contributed by atoms with Gasteiger partial charge in [0.15, 0.2) is 5.69 Å². The number of nitrogens with zero attached hydrogens (tertiary/aromatic N) is 2. The molecule has 5 heteroatoms. The lowest BCUT2D eigenvalue weighted by atomic mass is 10.1. The van der Waals surface area contributed by atoms with Crippen molar-refractivity contribution in [3.8, 4) is 6.07 Å². The van der Waals surface area contributed by atoms with Crippen LogP contribution in [0.25, 0.3) is 10.9 Å². The van der Waals surface area contributed by atoms with Crippen molar-refractivity contribution in [2.45, 2.75) is 0 Å². The number of hydrogen-bond acceptors (Lipinski definition) is 3. The Labute approximate surface area is 79.1 Å². The average molecular weight is 186 g/mol. The number of fused-ring (bicyclic) bond motifs is 1. The summed E-state index contributed by atoms with van der Waals surface area (Å²) in [6.45, 7) is 0. The van der Waals surface area contributed by atoms with E-state index in [0.29, 0.717) is 16.5 Å². The molecular formula is C9H6N4O. The van der Waals surface area contributed by atoms with Crippen LogP contribution in [0, 0.1) is 11.3 Å². The Morgan fingerprint density at radius 2 is 2.36 bits per heavy atom. The largest absolute Gasteiger partial charge is 0.364 e. The lowest BCUT2D eigenvalue weighted by molar-refractivity contribution is 0.0997. The van der Waals surface area contributed by atoms with E-state index in [1.54, 1.807) is 18.2 Å². The molecule has 0 radical (unpaired) electrons. The molecule has 0 aliphatic rings. The predicted octanol–water partition coefficient (Wildman–Crippen LogP) is 0.533. The summed E-state index contributed by atoms with van der Waals surface area (Å²) in [5.74, 6) is -0.605. The van der Waals surface area contributed by atoms with Gasteiger partial charge in [0.2, 0.25) is 0 Å². The highest BCUT2D eigenvalue weighted by atomic mass is 16.1. The maximum atomic E-state index is 10.9. The topological polar surface area (TPSA) is 95.6 Å². The van der Waals surface area contributed by atoms with Crippen molar-refractivity contribution in [2.24, 2.45) is 5.73 Å². The average Bonchev–Trinajstić information content (AvgIpc) is 2.59. The van der Waals surface area contributed by atoms with Gasteiger partial charge in [0.25, 0.3) is 5.91 Å². The van der Waals surface area contributed by atoms with E-state index in [-0.39, 0.29) is 5.69 Å². The molecule has 3 N–H and O–H groups in total. The number of aromatic amines is 1. The van der Waals surface area contributed by atoms with E-state index in [9.17, 15) is 4.79 Å². The van der Waals surface area contributed by atoms with Crippen molar-refractivity contribution in [2.75, 3.05) is 0 Å². The minimum atomic E-state index is -0.605. The van der Waals surface area contributed by atoms with Gasteiger partial charge in [0.05, 0.1) is 17.1 Å². The number of benzene rings is 1. The van der Waals surface area contributed by atoms with Crippen LogP contribution in [0.2, 0.25) is 0 Å². The summed E-state index contributed by atoms with van der Waals surface area (Å²) in [5.41, 5.74) is 6.44. The molecule has 0 aliphatic carbocycles. The molecule has 0 spiro atoms. The number of carbonyl (C=O) groups excluding carboxylic acids is 1. The van der Waals surface area contributed by atoms with Gasteiger partial charge in [0.1, 0.15) is 0 Å². The van der Waals surface area contributed by atoms with Crippen molar-refractivity contribution in [1.29, 1.82) is 5.26 Å². The summed E-state index contributed by atoms with van der Waals surface area (Å²) < 4.78 is 0. The lowest BCUT2D eigenvalue weighted by Crippen LogP contribution is -2.11. The lowest BCUT2D eigenvalue weighted by Gasteiger charge is -1.91. The summed E-state index contributed by atoms with van der Waals surface area (Å²) >= 11 is 0.